The standard InChI is InChI=1S/C13H11N5O6/c1-17-12(21)9(11(20)15-13(17)22)6-14-16-10(19)7-3-2-4-8(5-7)18(23)24/h2-6,21H,1H3,(H,16,19)(H,15,20,22). The molecule has 0 saturated heterocycles. The molecule has 0 aliphatic heterocycles. The van der Waals surface area contributed by atoms with Crippen LogP contribution in [0.25, 0.3) is 0 Å². The number of hydrazone groups is 1. The van der Waals surface area contributed by atoms with Gasteiger partial charge in [-0.05, 0) is 6.07 Å². The van der Waals surface area contributed by atoms with Gasteiger partial charge in [0.05, 0.1) is 11.1 Å². The lowest BCUT2D eigenvalue weighted by Crippen LogP contribution is -2.30. The molecule has 11 nitrogen and oxygen atoms in total. The molecule has 0 bridgehead atoms. The summed E-state index contributed by atoms with van der Waals surface area (Å²) in [4.78, 5) is 46.6. The second-order valence-electron chi connectivity index (χ2n) is 4.56. The third kappa shape index (κ3) is 3.35. The van der Waals surface area contributed by atoms with E-state index in [9.17, 15) is 29.6 Å². The number of non-ortho nitro benzene ring substituents is 1. The van der Waals surface area contributed by atoms with Gasteiger partial charge in [-0.3, -0.25) is 29.3 Å². The summed E-state index contributed by atoms with van der Waals surface area (Å²) in [5, 5.41) is 23.9. The van der Waals surface area contributed by atoms with Gasteiger partial charge < -0.3 is 5.11 Å². The van der Waals surface area contributed by atoms with Crippen LogP contribution in [0, 0.1) is 10.1 Å². The van der Waals surface area contributed by atoms with Crippen LogP contribution in [0.2, 0.25) is 0 Å². The number of benzene rings is 1. The fourth-order valence-electron chi connectivity index (χ4n) is 1.72. The highest BCUT2D eigenvalue weighted by atomic mass is 16.6. The third-order valence-corrected chi connectivity index (χ3v) is 3.01. The molecule has 0 radical (unpaired) electrons. The number of carbonyl (C=O) groups excluding carboxylic acids is 1. The first kappa shape index (κ1) is 16.6. The number of aromatic nitrogens is 2. The van der Waals surface area contributed by atoms with Crippen LogP contribution in [0.1, 0.15) is 15.9 Å². The van der Waals surface area contributed by atoms with Gasteiger partial charge >= 0.3 is 5.69 Å². The van der Waals surface area contributed by atoms with E-state index in [-0.39, 0.29) is 16.8 Å². The Morgan fingerprint density at radius 1 is 1.46 bits per heavy atom. The zero-order valence-corrected chi connectivity index (χ0v) is 12.2. The van der Waals surface area contributed by atoms with Crippen molar-refractivity contribution in [3.63, 3.8) is 0 Å². The number of aromatic amines is 1. The van der Waals surface area contributed by atoms with Crippen LogP contribution < -0.4 is 16.7 Å². The number of hydrogen-bond donors (Lipinski definition) is 3. The van der Waals surface area contributed by atoms with E-state index < -0.39 is 28.0 Å². The van der Waals surface area contributed by atoms with Crippen LogP contribution in [0.5, 0.6) is 5.88 Å². The minimum atomic E-state index is -0.885. The highest BCUT2D eigenvalue weighted by molar-refractivity contribution is 5.95. The van der Waals surface area contributed by atoms with Crippen molar-refractivity contribution >= 4 is 17.8 Å². The first-order valence-corrected chi connectivity index (χ1v) is 6.41. The Balaban J connectivity index is 2.21. The van der Waals surface area contributed by atoms with E-state index in [4.69, 9.17) is 0 Å². The predicted molar refractivity (Wildman–Crippen MR) is 82.1 cm³/mol. The molecule has 1 aromatic carbocycles. The highest BCUT2D eigenvalue weighted by Crippen LogP contribution is 2.12. The van der Waals surface area contributed by atoms with E-state index in [1.165, 1.54) is 25.2 Å². The van der Waals surface area contributed by atoms with Gasteiger partial charge in [0.25, 0.3) is 17.2 Å². The molecule has 24 heavy (non-hydrogen) atoms. The highest BCUT2D eigenvalue weighted by Gasteiger charge is 2.12. The van der Waals surface area contributed by atoms with Crippen LogP contribution in [0.4, 0.5) is 5.69 Å². The predicted octanol–water partition coefficient (Wildman–Crippen LogP) is -0.549. The number of H-pyrrole nitrogens is 1. The summed E-state index contributed by atoms with van der Waals surface area (Å²) in [7, 11) is 1.23. The number of rotatable bonds is 4. The van der Waals surface area contributed by atoms with Crippen molar-refractivity contribution in [2.75, 3.05) is 0 Å². The fourth-order valence-corrected chi connectivity index (χ4v) is 1.72. The molecule has 124 valence electrons. The maximum Gasteiger partial charge on any atom is 0.330 e. The van der Waals surface area contributed by atoms with Gasteiger partial charge in [-0.1, -0.05) is 6.07 Å². The van der Waals surface area contributed by atoms with Crippen molar-refractivity contribution in [2.24, 2.45) is 12.1 Å². The summed E-state index contributed by atoms with van der Waals surface area (Å²) in [5.74, 6) is -1.38. The van der Waals surface area contributed by atoms with Crippen molar-refractivity contribution < 1.29 is 14.8 Å². The molecular weight excluding hydrogens is 322 g/mol. The second kappa shape index (κ2) is 6.56. The largest absolute Gasteiger partial charge is 0.494 e. The van der Waals surface area contributed by atoms with Crippen LogP contribution in [-0.2, 0) is 7.05 Å². The van der Waals surface area contributed by atoms with Crippen LogP contribution in [0.3, 0.4) is 0 Å². The average molecular weight is 333 g/mol. The molecule has 2 rings (SSSR count). The fraction of sp³-hybridized carbons (Fsp3) is 0.0769. The number of amides is 1. The molecule has 0 unspecified atom stereocenters. The molecule has 11 heteroatoms. The smallest absolute Gasteiger partial charge is 0.330 e. The van der Waals surface area contributed by atoms with Crippen LogP contribution in [-0.4, -0.2) is 31.7 Å². The Morgan fingerprint density at radius 2 is 2.17 bits per heavy atom. The van der Waals surface area contributed by atoms with E-state index >= 15 is 0 Å². The summed E-state index contributed by atoms with van der Waals surface area (Å²) >= 11 is 0. The normalized spacial score (nSPS) is 10.7. The van der Waals surface area contributed by atoms with Gasteiger partial charge in [-0.2, -0.15) is 5.10 Å². The molecule has 0 aliphatic rings. The molecule has 0 fully saturated rings. The van der Waals surface area contributed by atoms with E-state index in [1.54, 1.807) is 0 Å². The van der Waals surface area contributed by atoms with Gasteiger partial charge in [-0.15, -0.1) is 0 Å². The molecule has 1 heterocycles. The zero-order chi connectivity index (χ0) is 17.9. The number of nitro benzene ring substituents is 1. The van der Waals surface area contributed by atoms with Crippen molar-refractivity contribution in [1.29, 1.82) is 0 Å². The van der Waals surface area contributed by atoms with E-state index in [1.807, 2.05) is 4.98 Å². The Morgan fingerprint density at radius 3 is 2.83 bits per heavy atom. The maximum atomic E-state index is 11.8. The lowest BCUT2D eigenvalue weighted by molar-refractivity contribution is -0.384. The molecule has 0 saturated carbocycles. The lowest BCUT2D eigenvalue weighted by Gasteiger charge is -2.03. The first-order chi connectivity index (χ1) is 11.3. The Hall–Kier alpha value is -3.76. The molecule has 2 aromatic rings. The SMILES string of the molecule is Cn1c(O)c(C=NNC(=O)c2cccc([N+](=O)[O-])c2)c(=O)[nH]c1=O. The molecule has 1 aromatic heterocycles. The summed E-state index contributed by atoms with van der Waals surface area (Å²) in [6, 6.07) is 4.96. The van der Waals surface area contributed by atoms with Gasteiger partial charge in [0, 0.05) is 24.7 Å². The number of carbonyl (C=O) groups is 1. The maximum absolute atomic E-state index is 11.8. The average Bonchev–Trinajstić information content (AvgIpc) is 2.55. The van der Waals surface area contributed by atoms with Gasteiger partial charge in [0.1, 0.15) is 5.56 Å². The Kier molecular flexibility index (Phi) is 4.54. The van der Waals surface area contributed by atoms with E-state index in [0.29, 0.717) is 0 Å². The Bertz CT molecular complexity index is 958. The first-order valence-electron chi connectivity index (χ1n) is 6.41. The number of nitro groups is 1. The van der Waals surface area contributed by atoms with Crippen molar-refractivity contribution in [3.8, 4) is 5.88 Å². The minimum Gasteiger partial charge on any atom is -0.494 e. The summed E-state index contributed by atoms with van der Waals surface area (Å²) in [6.45, 7) is 0. The summed E-state index contributed by atoms with van der Waals surface area (Å²) < 4.78 is 0.783. The number of nitrogens with one attached hydrogen (secondary N) is 2. The second-order valence-corrected chi connectivity index (χ2v) is 4.56. The molecule has 0 atom stereocenters. The summed E-state index contributed by atoms with van der Waals surface area (Å²) in [5.41, 5.74) is -0.252. The number of aromatic hydroxyl groups is 1. The minimum absolute atomic E-state index is 0.0139. The molecule has 0 spiro atoms. The Labute approximate surface area is 133 Å². The molecule has 0 aliphatic carbocycles. The van der Waals surface area contributed by atoms with Crippen LogP contribution >= 0.6 is 0 Å². The van der Waals surface area contributed by atoms with Crippen molar-refractivity contribution in [2.45, 2.75) is 0 Å². The summed E-state index contributed by atoms with van der Waals surface area (Å²) in [6.07, 6.45) is 0.850. The number of hydrogen-bond acceptors (Lipinski definition) is 7. The van der Waals surface area contributed by atoms with Gasteiger partial charge in [0.15, 0.2) is 0 Å². The van der Waals surface area contributed by atoms with Crippen molar-refractivity contribution in [1.82, 2.24) is 15.0 Å². The van der Waals surface area contributed by atoms with Crippen LogP contribution in [0.15, 0.2) is 39.0 Å². The topological polar surface area (TPSA) is 160 Å². The zero-order valence-electron chi connectivity index (χ0n) is 12.2. The molecule has 3 N–H and O–H groups in total. The quantitative estimate of drug-likeness (QED) is 0.386. The third-order valence-electron chi connectivity index (χ3n) is 3.01. The van der Waals surface area contributed by atoms with Gasteiger partial charge in [-0.25, -0.2) is 10.2 Å². The molecule has 1 amide bonds. The number of nitrogens with zero attached hydrogens (tertiary/aromatic N) is 3. The molecular formula is C13H11N5O6. The monoisotopic (exact) mass is 333 g/mol. The van der Waals surface area contributed by atoms with E-state index in [0.717, 1.165) is 16.8 Å². The lowest BCUT2D eigenvalue weighted by atomic mass is 10.2. The van der Waals surface area contributed by atoms with Gasteiger partial charge in [0.2, 0.25) is 5.88 Å². The van der Waals surface area contributed by atoms with E-state index in [2.05, 4.69) is 10.5 Å². The van der Waals surface area contributed by atoms with Crippen molar-refractivity contribution in [3.05, 3.63) is 66.3 Å².